The number of benzene rings is 1. The topological polar surface area (TPSA) is 84.1 Å². The Hall–Kier alpha value is -2.47. The Balaban J connectivity index is 2.03. The monoisotopic (exact) mass is 283 g/mol. The number of nitrogens with two attached hydrogens (primary N) is 1. The molecule has 0 bridgehead atoms. The Kier molecular flexibility index (Phi) is 3.79. The van der Waals surface area contributed by atoms with E-state index in [-0.39, 0.29) is 5.69 Å². The molecule has 21 heavy (non-hydrogen) atoms. The van der Waals surface area contributed by atoms with Gasteiger partial charge in [0.2, 0.25) is 0 Å². The molecule has 1 saturated heterocycles. The number of amides is 1. The molecule has 108 valence electrons. The highest BCUT2D eigenvalue weighted by Crippen LogP contribution is 2.20. The van der Waals surface area contributed by atoms with Crippen molar-refractivity contribution in [3.8, 4) is 11.4 Å². The van der Waals surface area contributed by atoms with E-state index in [4.69, 9.17) is 5.73 Å². The molecule has 0 spiro atoms. The van der Waals surface area contributed by atoms with Crippen LogP contribution in [-0.4, -0.2) is 42.1 Å². The van der Waals surface area contributed by atoms with Crippen LogP contribution in [0.3, 0.4) is 0 Å². The minimum atomic E-state index is -0.536. The van der Waals surface area contributed by atoms with Crippen LogP contribution in [0.2, 0.25) is 0 Å². The Morgan fingerprint density at radius 3 is 2.52 bits per heavy atom. The van der Waals surface area contributed by atoms with Crippen LogP contribution in [0.15, 0.2) is 36.4 Å². The van der Waals surface area contributed by atoms with Gasteiger partial charge in [0.15, 0.2) is 5.82 Å². The first-order valence-corrected chi connectivity index (χ1v) is 6.94. The third-order valence-electron chi connectivity index (χ3n) is 3.44. The molecule has 1 aromatic heterocycles. The first kappa shape index (κ1) is 13.5. The van der Waals surface area contributed by atoms with Crippen molar-refractivity contribution in [3.05, 3.63) is 42.1 Å². The van der Waals surface area contributed by atoms with Gasteiger partial charge in [0, 0.05) is 37.8 Å². The van der Waals surface area contributed by atoms with Crippen molar-refractivity contribution in [2.45, 2.75) is 0 Å². The lowest BCUT2D eigenvalue weighted by atomic mass is 10.2. The van der Waals surface area contributed by atoms with E-state index in [9.17, 15) is 4.79 Å². The van der Waals surface area contributed by atoms with Crippen LogP contribution in [0, 0.1) is 0 Å². The van der Waals surface area contributed by atoms with Crippen molar-refractivity contribution in [2.75, 3.05) is 31.1 Å². The predicted molar refractivity (Wildman–Crippen MR) is 81.1 cm³/mol. The van der Waals surface area contributed by atoms with Crippen molar-refractivity contribution in [3.63, 3.8) is 0 Å². The molecule has 1 aromatic carbocycles. The number of aromatic nitrogens is 2. The molecule has 0 radical (unpaired) electrons. The van der Waals surface area contributed by atoms with Gasteiger partial charge in [-0.15, -0.1) is 0 Å². The molecule has 1 fully saturated rings. The summed E-state index contributed by atoms with van der Waals surface area (Å²) in [5.41, 5.74) is 6.52. The van der Waals surface area contributed by atoms with Gasteiger partial charge in [0.25, 0.3) is 5.91 Å². The Bertz CT molecular complexity index is 638. The maximum absolute atomic E-state index is 11.5. The molecule has 3 N–H and O–H groups in total. The number of nitrogens with one attached hydrogen (secondary N) is 1. The molecule has 2 heterocycles. The standard InChI is InChI=1S/C15H17N5O/c16-14(21)12-10-13(20-8-6-17-7-9-20)19-15(18-12)11-4-2-1-3-5-11/h1-5,10,17H,6-9H2,(H2,16,21). The molecule has 0 unspecified atom stereocenters. The molecular weight excluding hydrogens is 266 g/mol. The van der Waals surface area contributed by atoms with Gasteiger partial charge < -0.3 is 16.0 Å². The maximum atomic E-state index is 11.5. The summed E-state index contributed by atoms with van der Waals surface area (Å²) in [6.07, 6.45) is 0. The maximum Gasteiger partial charge on any atom is 0.267 e. The van der Waals surface area contributed by atoms with Gasteiger partial charge in [-0.1, -0.05) is 30.3 Å². The lowest BCUT2D eigenvalue weighted by Gasteiger charge is -2.28. The number of anilines is 1. The summed E-state index contributed by atoms with van der Waals surface area (Å²) in [6, 6.07) is 11.3. The van der Waals surface area contributed by atoms with Gasteiger partial charge in [0.05, 0.1) is 0 Å². The van der Waals surface area contributed by atoms with Crippen LogP contribution in [0.25, 0.3) is 11.4 Å². The number of rotatable bonds is 3. The van der Waals surface area contributed by atoms with Crippen molar-refractivity contribution in [2.24, 2.45) is 5.73 Å². The van der Waals surface area contributed by atoms with Crippen molar-refractivity contribution >= 4 is 11.7 Å². The first-order chi connectivity index (χ1) is 10.2. The summed E-state index contributed by atoms with van der Waals surface area (Å²) in [5, 5.41) is 3.29. The summed E-state index contributed by atoms with van der Waals surface area (Å²) < 4.78 is 0. The lowest BCUT2D eigenvalue weighted by molar-refractivity contribution is 0.0995. The Labute approximate surface area is 123 Å². The number of carbonyl (C=O) groups is 1. The van der Waals surface area contributed by atoms with Gasteiger partial charge in [-0.2, -0.15) is 0 Å². The first-order valence-electron chi connectivity index (χ1n) is 6.94. The highest BCUT2D eigenvalue weighted by Gasteiger charge is 2.16. The zero-order valence-corrected chi connectivity index (χ0v) is 11.6. The van der Waals surface area contributed by atoms with Gasteiger partial charge >= 0.3 is 0 Å². The second kappa shape index (κ2) is 5.88. The van der Waals surface area contributed by atoms with E-state index in [1.54, 1.807) is 6.07 Å². The van der Waals surface area contributed by atoms with E-state index >= 15 is 0 Å². The molecule has 0 aliphatic carbocycles. The smallest absolute Gasteiger partial charge is 0.267 e. The molecule has 1 amide bonds. The fourth-order valence-corrected chi connectivity index (χ4v) is 2.33. The molecule has 6 nitrogen and oxygen atoms in total. The summed E-state index contributed by atoms with van der Waals surface area (Å²) in [6.45, 7) is 3.50. The molecular formula is C15H17N5O. The number of piperazine rings is 1. The zero-order valence-electron chi connectivity index (χ0n) is 11.6. The van der Waals surface area contributed by atoms with Gasteiger partial charge in [-0.3, -0.25) is 4.79 Å². The average Bonchev–Trinajstić information content (AvgIpc) is 2.56. The summed E-state index contributed by atoms with van der Waals surface area (Å²) in [7, 11) is 0. The van der Waals surface area contributed by atoms with Crippen molar-refractivity contribution < 1.29 is 4.79 Å². The highest BCUT2D eigenvalue weighted by molar-refractivity contribution is 5.92. The quantitative estimate of drug-likeness (QED) is 0.864. The second-order valence-electron chi connectivity index (χ2n) is 4.90. The molecule has 6 heteroatoms. The number of hydrogen-bond acceptors (Lipinski definition) is 5. The van der Waals surface area contributed by atoms with Gasteiger partial charge in [0.1, 0.15) is 11.5 Å². The number of nitrogens with zero attached hydrogens (tertiary/aromatic N) is 3. The largest absolute Gasteiger partial charge is 0.364 e. The van der Waals surface area contributed by atoms with Gasteiger partial charge in [-0.25, -0.2) is 9.97 Å². The van der Waals surface area contributed by atoms with Crippen LogP contribution < -0.4 is 16.0 Å². The van der Waals surface area contributed by atoms with E-state index in [1.165, 1.54) is 0 Å². The predicted octanol–water partition coefficient (Wildman–Crippen LogP) is 0.652. The Morgan fingerprint density at radius 2 is 1.86 bits per heavy atom. The number of primary amides is 1. The van der Waals surface area contributed by atoms with E-state index in [0.29, 0.717) is 5.82 Å². The van der Waals surface area contributed by atoms with E-state index in [1.807, 2.05) is 30.3 Å². The summed E-state index contributed by atoms with van der Waals surface area (Å²) in [5.74, 6) is 0.741. The van der Waals surface area contributed by atoms with E-state index in [0.717, 1.165) is 37.6 Å². The number of carbonyl (C=O) groups excluding carboxylic acids is 1. The molecule has 0 saturated carbocycles. The van der Waals surface area contributed by atoms with E-state index < -0.39 is 5.91 Å². The third kappa shape index (κ3) is 3.00. The van der Waals surface area contributed by atoms with Crippen LogP contribution in [0.1, 0.15) is 10.5 Å². The van der Waals surface area contributed by atoms with E-state index in [2.05, 4.69) is 20.2 Å². The highest BCUT2D eigenvalue weighted by atomic mass is 16.1. The van der Waals surface area contributed by atoms with Crippen LogP contribution in [0.5, 0.6) is 0 Å². The minimum Gasteiger partial charge on any atom is -0.364 e. The lowest BCUT2D eigenvalue weighted by Crippen LogP contribution is -2.44. The normalized spacial score (nSPS) is 15.0. The second-order valence-corrected chi connectivity index (χ2v) is 4.90. The van der Waals surface area contributed by atoms with Crippen molar-refractivity contribution in [1.29, 1.82) is 0 Å². The Morgan fingerprint density at radius 1 is 1.14 bits per heavy atom. The van der Waals surface area contributed by atoms with Gasteiger partial charge in [-0.05, 0) is 0 Å². The fourth-order valence-electron chi connectivity index (χ4n) is 2.33. The molecule has 2 aromatic rings. The van der Waals surface area contributed by atoms with Crippen LogP contribution >= 0.6 is 0 Å². The molecule has 3 rings (SSSR count). The third-order valence-corrected chi connectivity index (χ3v) is 3.44. The summed E-state index contributed by atoms with van der Waals surface area (Å²) in [4.78, 5) is 22.5. The molecule has 0 atom stereocenters. The molecule has 1 aliphatic rings. The zero-order chi connectivity index (χ0) is 14.7. The SMILES string of the molecule is NC(=O)c1cc(N2CCNCC2)nc(-c2ccccc2)n1. The average molecular weight is 283 g/mol. The summed E-state index contributed by atoms with van der Waals surface area (Å²) >= 11 is 0. The molecule has 1 aliphatic heterocycles. The van der Waals surface area contributed by atoms with Crippen LogP contribution in [0.4, 0.5) is 5.82 Å². The van der Waals surface area contributed by atoms with Crippen molar-refractivity contribution in [1.82, 2.24) is 15.3 Å². The number of hydrogen-bond donors (Lipinski definition) is 2. The minimum absolute atomic E-state index is 0.248. The van der Waals surface area contributed by atoms with Crippen LogP contribution in [-0.2, 0) is 0 Å². The fraction of sp³-hybridized carbons (Fsp3) is 0.267.